The zero-order valence-corrected chi connectivity index (χ0v) is 9.83. The Bertz CT molecular complexity index is 140. The zero-order chi connectivity index (χ0) is 10.6. The van der Waals surface area contributed by atoms with E-state index in [9.17, 15) is 0 Å². The maximum atomic E-state index is 8.87. The molecule has 0 aliphatic carbocycles. The van der Waals surface area contributed by atoms with Crippen molar-refractivity contribution in [2.45, 2.75) is 26.9 Å². The lowest BCUT2D eigenvalue weighted by molar-refractivity contribution is 0.00625. The van der Waals surface area contributed by atoms with E-state index < -0.39 is 0 Å². The van der Waals surface area contributed by atoms with Gasteiger partial charge < -0.3 is 5.11 Å². The first-order chi connectivity index (χ1) is 5.80. The summed E-state index contributed by atoms with van der Waals surface area (Å²) in [5.41, 5.74) is 0.202. The number of rotatable bonds is 4. The van der Waals surface area contributed by atoms with Gasteiger partial charge in [-0.15, -0.1) is 0 Å². The van der Waals surface area contributed by atoms with Gasteiger partial charge in [0.15, 0.2) is 0 Å². The van der Waals surface area contributed by atoms with E-state index in [0.29, 0.717) is 6.17 Å². The first kappa shape index (κ1) is 12.9. The second-order valence-corrected chi connectivity index (χ2v) is 4.91. The van der Waals surface area contributed by atoms with Crippen molar-refractivity contribution in [2.75, 3.05) is 34.3 Å². The molecule has 0 aliphatic heterocycles. The van der Waals surface area contributed by atoms with E-state index in [1.165, 1.54) is 0 Å². The maximum absolute atomic E-state index is 8.87. The number of likely N-dealkylation sites (N-methyl/N-ethyl adjacent to an activating group) is 1. The number of nitrogens with zero attached hydrogens (tertiary/aromatic N) is 2. The van der Waals surface area contributed by atoms with Crippen LogP contribution in [0.5, 0.6) is 0 Å². The molecule has 80 valence electrons. The predicted molar refractivity (Wildman–Crippen MR) is 56.6 cm³/mol. The van der Waals surface area contributed by atoms with Crippen molar-refractivity contribution in [3.8, 4) is 0 Å². The maximum Gasteiger partial charge on any atom is 0.0665 e. The van der Waals surface area contributed by atoms with Gasteiger partial charge >= 0.3 is 0 Å². The Morgan fingerprint density at radius 1 is 1.15 bits per heavy atom. The van der Waals surface area contributed by atoms with Crippen LogP contribution < -0.4 is 0 Å². The Balaban J connectivity index is 4.42. The third-order valence-electron chi connectivity index (χ3n) is 2.13. The summed E-state index contributed by atoms with van der Waals surface area (Å²) in [6.45, 7) is 7.58. The minimum Gasteiger partial charge on any atom is -0.395 e. The number of hydrogen-bond acceptors (Lipinski definition) is 3. The lowest BCUT2D eigenvalue weighted by atomic mass is 9.90. The molecule has 1 unspecified atom stereocenters. The highest BCUT2D eigenvalue weighted by atomic mass is 16.3. The molecule has 0 radical (unpaired) electrons. The molecular weight excluding hydrogens is 164 g/mol. The summed E-state index contributed by atoms with van der Waals surface area (Å²) in [6.07, 6.45) is 0.361. The van der Waals surface area contributed by atoms with Gasteiger partial charge in [0, 0.05) is 6.54 Å². The molecule has 0 saturated carbocycles. The summed E-state index contributed by atoms with van der Waals surface area (Å²) >= 11 is 0. The monoisotopic (exact) mass is 188 g/mol. The van der Waals surface area contributed by atoms with Gasteiger partial charge in [-0.25, -0.2) is 0 Å². The molecule has 0 aliphatic rings. The van der Waals surface area contributed by atoms with Crippen LogP contribution in [-0.4, -0.2) is 55.4 Å². The predicted octanol–water partition coefficient (Wildman–Crippen LogP) is 0.844. The van der Waals surface area contributed by atoms with Crippen LogP contribution >= 0.6 is 0 Å². The molecule has 0 spiro atoms. The van der Waals surface area contributed by atoms with E-state index in [0.717, 1.165) is 6.54 Å². The van der Waals surface area contributed by atoms with Gasteiger partial charge in [-0.05, 0) is 26.6 Å². The molecule has 0 aromatic heterocycles. The summed E-state index contributed by atoms with van der Waals surface area (Å²) in [5, 5.41) is 8.87. The number of hydrogen-bond donors (Lipinski definition) is 1. The molecule has 0 bridgehead atoms. The van der Waals surface area contributed by atoms with Crippen LogP contribution in [0.1, 0.15) is 20.8 Å². The Labute approximate surface area is 82.3 Å². The minimum atomic E-state index is 0.202. The van der Waals surface area contributed by atoms with Crippen LogP contribution in [0.25, 0.3) is 0 Å². The molecule has 1 N–H and O–H groups in total. The molecule has 0 amide bonds. The normalized spacial score (nSPS) is 15.5. The molecule has 0 rings (SSSR count). The van der Waals surface area contributed by atoms with Gasteiger partial charge in [-0.2, -0.15) is 0 Å². The molecule has 3 nitrogen and oxygen atoms in total. The molecule has 1 atom stereocenters. The Kier molecular flexibility index (Phi) is 4.89. The summed E-state index contributed by atoms with van der Waals surface area (Å²) in [7, 11) is 6.19. The van der Waals surface area contributed by atoms with Crippen molar-refractivity contribution in [2.24, 2.45) is 5.41 Å². The fourth-order valence-electron chi connectivity index (χ4n) is 2.11. The van der Waals surface area contributed by atoms with Crippen LogP contribution in [0, 0.1) is 5.41 Å². The Morgan fingerprint density at radius 3 is 1.85 bits per heavy atom. The Morgan fingerprint density at radius 2 is 1.62 bits per heavy atom. The van der Waals surface area contributed by atoms with E-state index >= 15 is 0 Å². The van der Waals surface area contributed by atoms with Gasteiger partial charge in [0.05, 0.1) is 12.8 Å². The summed E-state index contributed by atoms with van der Waals surface area (Å²) < 4.78 is 0. The fourth-order valence-corrected chi connectivity index (χ4v) is 2.11. The largest absolute Gasteiger partial charge is 0.395 e. The molecule has 0 aromatic rings. The highest BCUT2D eigenvalue weighted by Gasteiger charge is 2.29. The molecule has 0 fully saturated rings. The van der Waals surface area contributed by atoms with Crippen LogP contribution in [0.4, 0.5) is 0 Å². The second-order valence-electron chi connectivity index (χ2n) is 4.91. The molecule has 3 heteroatoms. The first-order valence-electron chi connectivity index (χ1n) is 4.78. The lowest BCUT2D eigenvalue weighted by Crippen LogP contribution is -2.51. The van der Waals surface area contributed by atoms with Crippen LogP contribution in [0.15, 0.2) is 0 Å². The number of aliphatic hydroxyl groups excluding tert-OH is 1. The number of aliphatic hydroxyl groups is 1. The van der Waals surface area contributed by atoms with E-state index in [1.54, 1.807) is 0 Å². The molecule has 0 heterocycles. The van der Waals surface area contributed by atoms with E-state index in [1.807, 2.05) is 7.05 Å². The van der Waals surface area contributed by atoms with Crippen molar-refractivity contribution in [1.82, 2.24) is 9.80 Å². The minimum absolute atomic E-state index is 0.202. The Hall–Kier alpha value is -0.120. The van der Waals surface area contributed by atoms with Crippen LogP contribution in [0.2, 0.25) is 0 Å². The van der Waals surface area contributed by atoms with Gasteiger partial charge in [0.25, 0.3) is 0 Å². The van der Waals surface area contributed by atoms with Gasteiger partial charge in [-0.1, -0.05) is 20.8 Å². The van der Waals surface area contributed by atoms with Crippen molar-refractivity contribution in [3.05, 3.63) is 0 Å². The van der Waals surface area contributed by atoms with Gasteiger partial charge in [-0.3, -0.25) is 9.80 Å². The summed E-state index contributed by atoms with van der Waals surface area (Å²) in [4.78, 5) is 4.37. The third kappa shape index (κ3) is 4.07. The van der Waals surface area contributed by atoms with E-state index in [2.05, 4.69) is 44.7 Å². The zero-order valence-electron chi connectivity index (χ0n) is 9.83. The van der Waals surface area contributed by atoms with Crippen LogP contribution in [-0.2, 0) is 0 Å². The quantitative estimate of drug-likeness (QED) is 0.662. The first-order valence-corrected chi connectivity index (χ1v) is 4.78. The molecule has 0 saturated heterocycles. The van der Waals surface area contributed by atoms with Crippen LogP contribution in [0.3, 0.4) is 0 Å². The standard InChI is InChI=1S/C10H24N2O/c1-10(2,3)9(11(4)5)12(6)7-8-13/h9,13H,7-8H2,1-6H3. The fraction of sp³-hybridized carbons (Fsp3) is 1.00. The highest BCUT2D eigenvalue weighted by Crippen LogP contribution is 2.24. The summed E-state index contributed by atoms with van der Waals surface area (Å²) in [6, 6.07) is 0. The highest BCUT2D eigenvalue weighted by molar-refractivity contribution is 4.79. The second kappa shape index (κ2) is 4.94. The molecule has 0 aromatic carbocycles. The average Bonchev–Trinajstić information content (AvgIpc) is 1.82. The SMILES string of the molecule is CN(C)C(N(C)CCO)C(C)(C)C. The smallest absolute Gasteiger partial charge is 0.0665 e. The van der Waals surface area contributed by atoms with Crippen molar-refractivity contribution < 1.29 is 5.11 Å². The van der Waals surface area contributed by atoms with E-state index in [4.69, 9.17) is 5.11 Å². The van der Waals surface area contributed by atoms with E-state index in [-0.39, 0.29) is 12.0 Å². The van der Waals surface area contributed by atoms with Crippen molar-refractivity contribution in [3.63, 3.8) is 0 Å². The third-order valence-corrected chi connectivity index (χ3v) is 2.13. The van der Waals surface area contributed by atoms with Crippen molar-refractivity contribution >= 4 is 0 Å². The molecular formula is C10H24N2O. The lowest BCUT2D eigenvalue weighted by Gasteiger charge is -2.42. The van der Waals surface area contributed by atoms with Gasteiger partial charge in [0.2, 0.25) is 0 Å². The van der Waals surface area contributed by atoms with Gasteiger partial charge in [0.1, 0.15) is 0 Å². The van der Waals surface area contributed by atoms with Crippen molar-refractivity contribution in [1.29, 1.82) is 0 Å². The average molecular weight is 188 g/mol. The topological polar surface area (TPSA) is 26.7 Å². The molecule has 13 heavy (non-hydrogen) atoms. The summed E-state index contributed by atoms with van der Waals surface area (Å²) in [5.74, 6) is 0.